The van der Waals surface area contributed by atoms with E-state index in [-0.39, 0.29) is 6.04 Å². The van der Waals surface area contributed by atoms with Crippen LogP contribution in [0, 0.1) is 0 Å². The van der Waals surface area contributed by atoms with E-state index in [4.69, 9.17) is 10.5 Å². The molecule has 1 atom stereocenters. The minimum atomic E-state index is 0.142. The van der Waals surface area contributed by atoms with Crippen LogP contribution in [0.3, 0.4) is 0 Å². The molecule has 1 unspecified atom stereocenters. The van der Waals surface area contributed by atoms with Crippen LogP contribution in [-0.2, 0) is 6.42 Å². The summed E-state index contributed by atoms with van der Waals surface area (Å²) < 4.78 is 5.36. The van der Waals surface area contributed by atoms with Crippen molar-refractivity contribution in [3.05, 3.63) is 34.9 Å². The molecule has 2 nitrogen and oxygen atoms in total. The zero-order chi connectivity index (χ0) is 10.8. The number of aryl methyl sites for hydroxylation is 1. The van der Waals surface area contributed by atoms with Crippen LogP contribution in [0.25, 0.3) is 6.08 Å². The number of methoxy groups -OCH3 is 1. The highest BCUT2D eigenvalue weighted by Crippen LogP contribution is 2.31. The molecule has 0 aliphatic heterocycles. The molecule has 0 spiro atoms. The van der Waals surface area contributed by atoms with Crippen LogP contribution in [-0.4, -0.2) is 13.2 Å². The molecular formula is C13H17NO. The van der Waals surface area contributed by atoms with Gasteiger partial charge in [0.1, 0.15) is 5.75 Å². The lowest BCUT2D eigenvalue weighted by molar-refractivity contribution is 0.413. The predicted molar refractivity (Wildman–Crippen MR) is 62.9 cm³/mol. The third kappa shape index (κ3) is 1.90. The number of benzene rings is 1. The maximum absolute atomic E-state index is 5.91. The van der Waals surface area contributed by atoms with E-state index < -0.39 is 0 Å². The smallest absolute Gasteiger partial charge is 0.126 e. The summed E-state index contributed by atoms with van der Waals surface area (Å²) in [7, 11) is 1.71. The van der Waals surface area contributed by atoms with E-state index in [1.807, 2.05) is 19.1 Å². The summed E-state index contributed by atoms with van der Waals surface area (Å²) in [5, 5.41) is 0. The average Bonchev–Trinajstić information content (AvgIpc) is 2.27. The van der Waals surface area contributed by atoms with Crippen LogP contribution in [0.1, 0.15) is 24.5 Å². The average molecular weight is 203 g/mol. The first-order valence-corrected chi connectivity index (χ1v) is 5.34. The Bertz CT molecular complexity index is 394. The standard InChI is InChI=1S/C13H17NO/c1-9(14)11-7-6-10-4-3-5-13(15-2)12(10)8-11/h3-5,8-9H,6-7,14H2,1-2H3. The summed E-state index contributed by atoms with van der Waals surface area (Å²) in [5.74, 6) is 0.949. The number of hydrogen-bond donors (Lipinski definition) is 1. The maximum atomic E-state index is 5.91. The number of ether oxygens (including phenoxy) is 1. The van der Waals surface area contributed by atoms with Gasteiger partial charge in [0.25, 0.3) is 0 Å². The molecule has 1 aliphatic rings. The second-order valence-corrected chi connectivity index (χ2v) is 4.04. The SMILES string of the molecule is COc1cccc2c1C=C(C(C)N)CC2. The van der Waals surface area contributed by atoms with Crippen molar-refractivity contribution in [1.29, 1.82) is 0 Å². The van der Waals surface area contributed by atoms with E-state index in [0.29, 0.717) is 0 Å². The Kier molecular flexibility index (Phi) is 2.78. The van der Waals surface area contributed by atoms with Gasteiger partial charge in [-0.25, -0.2) is 0 Å². The third-order valence-corrected chi connectivity index (χ3v) is 2.97. The molecule has 0 amide bonds. The van der Waals surface area contributed by atoms with Gasteiger partial charge >= 0.3 is 0 Å². The van der Waals surface area contributed by atoms with Gasteiger partial charge in [-0.05, 0) is 31.4 Å². The van der Waals surface area contributed by atoms with Gasteiger partial charge < -0.3 is 10.5 Å². The van der Waals surface area contributed by atoms with Gasteiger partial charge in [0.2, 0.25) is 0 Å². The molecule has 80 valence electrons. The molecule has 0 saturated heterocycles. The highest BCUT2D eigenvalue weighted by Gasteiger charge is 2.15. The van der Waals surface area contributed by atoms with Crippen LogP contribution >= 0.6 is 0 Å². The minimum Gasteiger partial charge on any atom is -0.496 e. The summed E-state index contributed by atoms with van der Waals surface area (Å²) in [6, 6.07) is 6.34. The number of nitrogens with two attached hydrogens (primary N) is 1. The predicted octanol–water partition coefficient (Wildman–Crippen LogP) is 2.37. The molecule has 0 aromatic heterocycles. The van der Waals surface area contributed by atoms with Crippen molar-refractivity contribution < 1.29 is 4.74 Å². The van der Waals surface area contributed by atoms with Crippen molar-refractivity contribution in [2.24, 2.45) is 5.73 Å². The maximum Gasteiger partial charge on any atom is 0.126 e. The Labute approximate surface area is 90.7 Å². The summed E-state index contributed by atoms with van der Waals surface area (Å²) in [6.45, 7) is 2.03. The molecule has 15 heavy (non-hydrogen) atoms. The highest BCUT2D eigenvalue weighted by molar-refractivity contribution is 5.66. The lowest BCUT2D eigenvalue weighted by Gasteiger charge is -2.20. The van der Waals surface area contributed by atoms with Crippen LogP contribution < -0.4 is 10.5 Å². The van der Waals surface area contributed by atoms with E-state index in [9.17, 15) is 0 Å². The van der Waals surface area contributed by atoms with E-state index in [1.165, 1.54) is 16.7 Å². The number of fused-ring (bicyclic) bond motifs is 1. The largest absolute Gasteiger partial charge is 0.496 e. The zero-order valence-corrected chi connectivity index (χ0v) is 9.29. The number of hydrogen-bond acceptors (Lipinski definition) is 2. The van der Waals surface area contributed by atoms with Crippen molar-refractivity contribution in [2.45, 2.75) is 25.8 Å². The topological polar surface area (TPSA) is 35.2 Å². The first-order chi connectivity index (χ1) is 7.22. The molecule has 1 aliphatic carbocycles. The van der Waals surface area contributed by atoms with Gasteiger partial charge in [-0.15, -0.1) is 0 Å². The van der Waals surface area contributed by atoms with Crippen molar-refractivity contribution in [1.82, 2.24) is 0 Å². The van der Waals surface area contributed by atoms with Crippen LogP contribution in [0.5, 0.6) is 5.75 Å². The molecule has 1 aromatic rings. The van der Waals surface area contributed by atoms with Crippen molar-refractivity contribution in [3.63, 3.8) is 0 Å². The second kappa shape index (κ2) is 4.07. The van der Waals surface area contributed by atoms with Crippen molar-refractivity contribution >= 4 is 6.08 Å². The van der Waals surface area contributed by atoms with Gasteiger partial charge in [0, 0.05) is 11.6 Å². The quantitative estimate of drug-likeness (QED) is 0.801. The Hall–Kier alpha value is -1.28. The normalized spacial score (nSPS) is 16.6. The lowest BCUT2D eigenvalue weighted by Crippen LogP contribution is -2.20. The lowest BCUT2D eigenvalue weighted by atomic mass is 9.89. The Morgan fingerprint density at radius 2 is 2.13 bits per heavy atom. The molecule has 1 aromatic carbocycles. The van der Waals surface area contributed by atoms with E-state index >= 15 is 0 Å². The zero-order valence-electron chi connectivity index (χ0n) is 9.29. The molecule has 2 heteroatoms. The fourth-order valence-corrected chi connectivity index (χ4v) is 2.04. The molecule has 2 rings (SSSR count). The number of rotatable bonds is 2. The van der Waals surface area contributed by atoms with Gasteiger partial charge in [-0.1, -0.05) is 23.8 Å². The monoisotopic (exact) mass is 203 g/mol. The van der Waals surface area contributed by atoms with Crippen LogP contribution in [0.15, 0.2) is 23.8 Å². The fourth-order valence-electron chi connectivity index (χ4n) is 2.04. The second-order valence-electron chi connectivity index (χ2n) is 4.04. The van der Waals surface area contributed by atoms with E-state index in [2.05, 4.69) is 12.1 Å². The molecule has 0 radical (unpaired) electrons. The highest BCUT2D eigenvalue weighted by atomic mass is 16.5. The summed E-state index contributed by atoms with van der Waals surface area (Å²) in [4.78, 5) is 0. The van der Waals surface area contributed by atoms with Gasteiger partial charge in [-0.3, -0.25) is 0 Å². The third-order valence-electron chi connectivity index (χ3n) is 2.97. The van der Waals surface area contributed by atoms with E-state index in [1.54, 1.807) is 7.11 Å². The fraction of sp³-hybridized carbons (Fsp3) is 0.385. The summed E-state index contributed by atoms with van der Waals surface area (Å²) in [5.41, 5.74) is 9.79. The first kappa shape index (κ1) is 10.2. The first-order valence-electron chi connectivity index (χ1n) is 5.34. The molecule has 0 saturated carbocycles. The summed E-state index contributed by atoms with van der Waals surface area (Å²) >= 11 is 0. The summed E-state index contributed by atoms with van der Waals surface area (Å²) in [6.07, 6.45) is 4.32. The van der Waals surface area contributed by atoms with Crippen LogP contribution in [0.4, 0.5) is 0 Å². The van der Waals surface area contributed by atoms with E-state index in [0.717, 1.165) is 18.6 Å². The molecule has 0 heterocycles. The molecule has 2 N–H and O–H groups in total. The van der Waals surface area contributed by atoms with Crippen molar-refractivity contribution in [2.75, 3.05) is 7.11 Å². The van der Waals surface area contributed by atoms with Crippen molar-refractivity contribution in [3.8, 4) is 5.75 Å². The Morgan fingerprint density at radius 3 is 2.80 bits per heavy atom. The van der Waals surface area contributed by atoms with Gasteiger partial charge in [0.15, 0.2) is 0 Å². The molecular weight excluding hydrogens is 186 g/mol. The molecule has 0 bridgehead atoms. The Balaban J connectivity index is 2.47. The van der Waals surface area contributed by atoms with Gasteiger partial charge in [-0.2, -0.15) is 0 Å². The van der Waals surface area contributed by atoms with Crippen LogP contribution in [0.2, 0.25) is 0 Å². The molecule has 0 fully saturated rings. The van der Waals surface area contributed by atoms with Gasteiger partial charge in [0.05, 0.1) is 7.11 Å². The Morgan fingerprint density at radius 1 is 1.33 bits per heavy atom. The minimum absolute atomic E-state index is 0.142.